The molecule has 2 nitrogen and oxygen atoms in total. The van der Waals surface area contributed by atoms with E-state index in [0.29, 0.717) is 17.3 Å². The summed E-state index contributed by atoms with van der Waals surface area (Å²) in [7, 11) is 0. The van der Waals surface area contributed by atoms with Gasteiger partial charge >= 0.3 is 6.18 Å². The van der Waals surface area contributed by atoms with Crippen molar-refractivity contribution in [3.05, 3.63) is 40.4 Å². The highest BCUT2D eigenvalue weighted by atomic mass is 79.9. The Morgan fingerprint density at radius 2 is 2.05 bits per heavy atom. The zero-order valence-corrected chi connectivity index (χ0v) is 12.1. The van der Waals surface area contributed by atoms with Crippen molar-refractivity contribution in [2.45, 2.75) is 25.4 Å². The van der Waals surface area contributed by atoms with E-state index in [0.717, 1.165) is 12.5 Å². The Kier molecular flexibility index (Phi) is 4.52. The van der Waals surface area contributed by atoms with Crippen LogP contribution in [0, 0.1) is 5.92 Å². The van der Waals surface area contributed by atoms with Gasteiger partial charge in [0, 0.05) is 10.4 Å². The summed E-state index contributed by atoms with van der Waals surface area (Å²) in [6.45, 7) is 0. The number of rotatable bonds is 2. The second-order valence-electron chi connectivity index (χ2n) is 4.66. The van der Waals surface area contributed by atoms with E-state index < -0.39 is 11.7 Å². The van der Waals surface area contributed by atoms with Crippen LogP contribution in [0.2, 0.25) is 0 Å². The lowest BCUT2D eigenvalue weighted by Gasteiger charge is -2.19. The zero-order chi connectivity index (χ0) is 14.8. The van der Waals surface area contributed by atoms with E-state index in [1.54, 1.807) is 0 Å². The van der Waals surface area contributed by atoms with Crippen molar-refractivity contribution in [2.24, 2.45) is 5.92 Å². The van der Waals surface area contributed by atoms with Crippen LogP contribution in [0.15, 0.2) is 34.8 Å². The van der Waals surface area contributed by atoms with Gasteiger partial charge in [0.2, 0.25) is 5.91 Å². The molecule has 1 atom stereocenters. The first-order valence-corrected chi connectivity index (χ1v) is 7.00. The Labute approximate surface area is 123 Å². The maximum absolute atomic E-state index is 12.9. The fraction of sp³-hybridized carbons (Fsp3) is 0.357. The normalized spacial score (nSPS) is 18.9. The summed E-state index contributed by atoms with van der Waals surface area (Å²) in [5, 5.41) is 2.40. The molecule has 0 unspecified atom stereocenters. The molecule has 1 aromatic rings. The van der Waals surface area contributed by atoms with Gasteiger partial charge in [-0.05, 0) is 37.5 Å². The number of alkyl halides is 3. The van der Waals surface area contributed by atoms with Crippen molar-refractivity contribution in [3.63, 3.8) is 0 Å². The van der Waals surface area contributed by atoms with Crippen LogP contribution in [0.25, 0.3) is 0 Å². The van der Waals surface area contributed by atoms with Crippen LogP contribution in [-0.2, 0) is 11.0 Å². The van der Waals surface area contributed by atoms with Crippen LogP contribution in [0.3, 0.4) is 0 Å². The molecule has 6 heteroatoms. The molecule has 1 aliphatic carbocycles. The molecule has 1 N–H and O–H groups in total. The largest absolute Gasteiger partial charge is 0.418 e. The second kappa shape index (κ2) is 5.99. The van der Waals surface area contributed by atoms with E-state index in [4.69, 9.17) is 0 Å². The van der Waals surface area contributed by atoms with Gasteiger partial charge in [-0.25, -0.2) is 0 Å². The van der Waals surface area contributed by atoms with Crippen molar-refractivity contribution in [3.8, 4) is 0 Å². The summed E-state index contributed by atoms with van der Waals surface area (Å²) in [6, 6.07) is 3.71. The first-order valence-electron chi connectivity index (χ1n) is 6.20. The molecule has 0 aromatic heterocycles. The van der Waals surface area contributed by atoms with E-state index >= 15 is 0 Å². The Hall–Kier alpha value is -1.30. The number of nitrogens with one attached hydrogen (secondary N) is 1. The highest BCUT2D eigenvalue weighted by molar-refractivity contribution is 9.10. The topological polar surface area (TPSA) is 29.1 Å². The molecule has 0 heterocycles. The summed E-state index contributed by atoms with van der Waals surface area (Å²) < 4.78 is 39.1. The molecule has 0 saturated heterocycles. The first kappa shape index (κ1) is 15.1. The monoisotopic (exact) mass is 347 g/mol. The van der Waals surface area contributed by atoms with E-state index in [1.165, 1.54) is 12.1 Å². The van der Waals surface area contributed by atoms with Gasteiger partial charge in [-0.15, -0.1) is 0 Å². The molecule has 0 radical (unpaired) electrons. The lowest BCUT2D eigenvalue weighted by molar-refractivity contribution is -0.137. The second-order valence-corrected chi connectivity index (χ2v) is 5.57. The number of benzene rings is 1. The van der Waals surface area contributed by atoms with E-state index in [-0.39, 0.29) is 17.5 Å². The summed E-state index contributed by atoms with van der Waals surface area (Å²) in [4.78, 5) is 12.0. The molecular formula is C14H13BrF3NO. The molecule has 0 spiro atoms. The fourth-order valence-electron chi connectivity index (χ4n) is 2.13. The van der Waals surface area contributed by atoms with Gasteiger partial charge in [-0.2, -0.15) is 13.2 Å². The summed E-state index contributed by atoms with van der Waals surface area (Å²) in [5.41, 5.74) is -1.04. The van der Waals surface area contributed by atoms with Crippen LogP contribution in [0.4, 0.5) is 18.9 Å². The minimum Gasteiger partial charge on any atom is -0.325 e. The molecule has 0 saturated carbocycles. The van der Waals surface area contributed by atoms with E-state index in [2.05, 4.69) is 21.2 Å². The maximum Gasteiger partial charge on any atom is 0.418 e. The van der Waals surface area contributed by atoms with Crippen molar-refractivity contribution >= 4 is 27.5 Å². The molecule has 0 bridgehead atoms. The predicted octanol–water partition coefficient (Wildman–Crippen LogP) is 4.76. The molecule has 1 aliphatic rings. The molecular weight excluding hydrogens is 335 g/mol. The lowest BCUT2D eigenvalue weighted by Crippen LogP contribution is -2.25. The summed E-state index contributed by atoms with van der Waals surface area (Å²) >= 11 is 3.01. The zero-order valence-electron chi connectivity index (χ0n) is 10.5. The highest BCUT2D eigenvalue weighted by Crippen LogP contribution is 2.37. The van der Waals surface area contributed by atoms with Crippen molar-refractivity contribution in [1.82, 2.24) is 0 Å². The van der Waals surface area contributed by atoms with Gasteiger partial charge in [0.05, 0.1) is 11.3 Å². The number of carbonyl (C=O) groups excluding carboxylic acids is 1. The molecule has 1 amide bonds. The van der Waals surface area contributed by atoms with Gasteiger partial charge < -0.3 is 5.32 Å². The number of carbonyl (C=O) groups is 1. The number of allylic oxidation sites excluding steroid dienone is 2. The SMILES string of the molecule is O=C(Nc1ccc(Br)cc1C(F)(F)F)[C@H]1CC=CCC1. The van der Waals surface area contributed by atoms with Gasteiger partial charge in [0.15, 0.2) is 0 Å². The number of hydrogen-bond acceptors (Lipinski definition) is 1. The molecule has 108 valence electrons. The first-order chi connectivity index (χ1) is 9.38. The van der Waals surface area contributed by atoms with Gasteiger partial charge in [-0.3, -0.25) is 4.79 Å². The van der Waals surface area contributed by atoms with Gasteiger partial charge in [0.1, 0.15) is 0 Å². The quantitative estimate of drug-likeness (QED) is 0.767. The minimum absolute atomic E-state index is 0.194. The van der Waals surface area contributed by atoms with Crippen LogP contribution in [0.5, 0.6) is 0 Å². The van der Waals surface area contributed by atoms with E-state index in [1.807, 2.05) is 12.2 Å². The van der Waals surface area contributed by atoms with Crippen LogP contribution < -0.4 is 5.32 Å². The average Bonchev–Trinajstić information content (AvgIpc) is 2.40. The van der Waals surface area contributed by atoms with Gasteiger partial charge in [0.25, 0.3) is 0 Å². The third kappa shape index (κ3) is 3.62. The molecule has 20 heavy (non-hydrogen) atoms. The molecule has 1 aromatic carbocycles. The Balaban J connectivity index is 2.20. The van der Waals surface area contributed by atoms with Crippen LogP contribution in [0.1, 0.15) is 24.8 Å². The summed E-state index contributed by atoms with van der Waals surface area (Å²) in [5.74, 6) is -0.619. The molecule has 0 fully saturated rings. The minimum atomic E-state index is -4.50. The average molecular weight is 348 g/mol. The van der Waals surface area contributed by atoms with Crippen LogP contribution >= 0.6 is 15.9 Å². The van der Waals surface area contributed by atoms with Crippen LogP contribution in [-0.4, -0.2) is 5.91 Å². The predicted molar refractivity (Wildman–Crippen MR) is 74.3 cm³/mol. The van der Waals surface area contributed by atoms with Crippen molar-refractivity contribution in [2.75, 3.05) is 5.32 Å². The number of amides is 1. The van der Waals surface area contributed by atoms with Crippen molar-refractivity contribution < 1.29 is 18.0 Å². The third-order valence-corrected chi connectivity index (χ3v) is 3.68. The number of halogens is 4. The Morgan fingerprint density at radius 3 is 2.65 bits per heavy atom. The fourth-order valence-corrected chi connectivity index (χ4v) is 2.49. The smallest absolute Gasteiger partial charge is 0.325 e. The number of anilines is 1. The third-order valence-electron chi connectivity index (χ3n) is 3.18. The summed E-state index contributed by atoms with van der Waals surface area (Å²) in [6.07, 6.45) is 1.39. The standard InChI is InChI=1S/C14H13BrF3NO/c15-10-6-7-12(11(8-10)14(16,17)18)19-13(20)9-4-2-1-3-5-9/h1-2,6-9H,3-5H2,(H,19,20)/t9-/m0/s1. The van der Waals surface area contributed by atoms with Crippen molar-refractivity contribution in [1.29, 1.82) is 0 Å². The lowest BCUT2D eigenvalue weighted by atomic mass is 9.93. The number of hydrogen-bond donors (Lipinski definition) is 1. The molecule has 2 rings (SSSR count). The maximum atomic E-state index is 12.9. The highest BCUT2D eigenvalue weighted by Gasteiger charge is 2.34. The molecule has 0 aliphatic heterocycles. The van der Waals surface area contributed by atoms with E-state index in [9.17, 15) is 18.0 Å². The van der Waals surface area contributed by atoms with Gasteiger partial charge in [-0.1, -0.05) is 28.1 Å². The Morgan fingerprint density at radius 1 is 1.30 bits per heavy atom. The Bertz CT molecular complexity index is 540.